The number of nitrogens with one attached hydrogen (secondary N) is 1. The smallest absolute Gasteiger partial charge is 0.0969 e. The van der Waals surface area contributed by atoms with E-state index in [1.165, 1.54) is 0 Å². The lowest BCUT2D eigenvalue weighted by Gasteiger charge is -2.09. The second-order valence-electron chi connectivity index (χ2n) is 4.27. The van der Waals surface area contributed by atoms with Crippen LogP contribution < -0.4 is 5.32 Å². The van der Waals surface area contributed by atoms with Gasteiger partial charge in [0.15, 0.2) is 0 Å². The maximum absolute atomic E-state index is 4.43. The third-order valence-electron chi connectivity index (χ3n) is 2.68. The molecule has 1 aromatic heterocycles. The van der Waals surface area contributed by atoms with Crippen LogP contribution in [0.25, 0.3) is 5.69 Å². The van der Waals surface area contributed by atoms with E-state index in [2.05, 4.69) is 29.0 Å². The first kappa shape index (κ1) is 12.5. The Balaban J connectivity index is 1.96. The van der Waals surface area contributed by atoms with Gasteiger partial charge in [-0.05, 0) is 25.5 Å². The first-order valence-corrected chi connectivity index (χ1v) is 6.10. The van der Waals surface area contributed by atoms with E-state index in [-0.39, 0.29) is 0 Å². The van der Waals surface area contributed by atoms with Gasteiger partial charge in [-0.3, -0.25) is 0 Å². The molecule has 0 aliphatic carbocycles. The molecular weight excluding hydrogens is 224 g/mol. The fourth-order valence-corrected chi connectivity index (χ4v) is 1.67. The van der Waals surface area contributed by atoms with Gasteiger partial charge in [-0.25, -0.2) is 0 Å². The van der Waals surface area contributed by atoms with E-state index in [4.69, 9.17) is 0 Å². The van der Waals surface area contributed by atoms with Gasteiger partial charge < -0.3 is 5.32 Å². The van der Waals surface area contributed by atoms with Crippen LogP contribution in [0.5, 0.6) is 0 Å². The summed E-state index contributed by atoms with van der Waals surface area (Å²) >= 11 is 0. The minimum Gasteiger partial charge on any atom is -0.308 e. The van der Waals surface area contributed by atoms with Crippen molar-refractivity contribution in [2.45, 2.75) is 25.9 Å². The molecule has 0 aliphatic heterocycles. The molecule has 0 bridgehead atoms. The molecule has 0 saturated heterocycles. The fraction of sp³-hybridized carbons (Fsp3) is 0.286. The Morgan fingerprint density at radius 2 is 2.17 bits per heavy atom. The largest absolute Gasteiger partial charge is 0.308 e. The zero-order chi connectivity index (χ0) is 12.8. The Hall–Kier alpha value is -1.94. The predicted molar refractivity (Wildman–Crippen MR) is 72.5 cm³/mol. The van der Waals surface area contributed by atoms with Crippen molar-refractivity contribution in [3.05, 3.63) is 54.9 Å². The molecule has 0 fully saturated rings. The average molecular weight is 242 g/mol. The SMILES string of the molecule is C=CCC(C)NCc1cnn(-c2ccccc2)n1. The van der Waals surface area contributed by atoms with E-state index in [9.17, 15) is 0 Å². The third kappa shape index (κ3) is 3.28. The number of rotatable bonds is 6. The van der Waals surface area contributed by atoms with E-state index < -0.39 is 0 Å². The quantitative estimate of drug-likeness (QED) is 0.790. The lowest BCUT2D eigenvalue weighted by atomic mass is 10.2. The highest BCUT2D eigenvalue weighted by Crippen LogP contribution is 2.04. The van der Waals surface area contributed by atoms with E-state index in [1.807, 2.05) is 36.4 Å². The fourth-order valence-electron chi connectivity index (χ4n) is 1.67. The molecule has 0 saturated carbocycles. The highest BCUT2D eigenvalue weighted by Gasteiger charge is 2.04. The molecule has 2 aromatic rings. The normalized spacial score (nSPS) is 12.3. The van der Waals surface area contributed by atoms with Crippen LogP contribution in [0.3, 0.4) is 0 Å². The number of hydrogen-bond donors (Lipinski definition) is 1. The van der Waals surface area contributed by atoms with Crippen molar-refractivity contribution in [3.63, 3.8) is 0 Å². The summed E-state index contributed by atoms with van der Waals surface area (Å²) in [5, 5.41) is 12.1. The second-order valence-corrected chi connectivity index (χ2v) is 4.27. The maximum Gasteiger partial charge on any atom is 0.0969 e. The van der Waals surface area contributed by atoms with Gasteiger partial charge in [-0.15, -0.1) is 6.58 Å². The predicted octanol–water partition coefficient (Wildman–Crippen LogP) is 2.32. The Bertz CT molecular complexity index is 490. The standard InChI is InChI=1S/C14H18N4/c1-3-7-12(2)15-10-13-11-16-18(17-13)14-8-5-4-6-9-14/h3-6,8-9,11-12,15H,1,7,10H2,2H3. The molecule has 2 rings (SSSR count). The first-order chi connectivity index (χ1) is 8.79. The maximum atomic E-state index is 4.43. The summed E-state index contributed by atoms with van der Waals surface area (Å²) < 4.78 is 0. The topological polar surface area (TPSA) is 42.7 Å². The van der Waals surface area contributed by atoms with Crippen molar-refractivity contribution in [3.8, 4) is 5.69 Å². The number of para-hydroxylation sites is 1. The van der Waals surface area contributed by atoms with Crippen LogP contribution in [-0.2, 0) is 6.54 Å². The average Bonchev–Trinajstić information content (AvgIpc) is 2.87. The molecule has 94 valence electrons. The minimum atomic E-state index is 0.407. The third-order valence-corrected chi connectivity index (χ3v) is 2.68. The minimum absolute atomic E-state index is 0.407. The van der Waals surface area contributed by atoms with Gasteiger partial charge in [0.1, 0.15) is 0 Å². The molecule has 4 nitrogen and oxygen atoms in total. The highest BCUT2D eigenvalue weighted by atomic mass is 15.5. The zero-order valence-corrected chi connectivity index (χ0v) is 10.6. The summed E-state index contributed by atoms with van der Waals surface area (Å²) in [6, 6.07) is 10.3. The van der Waals surface area contributed by atoms with Crippen molar-refractivity contribution in [2.24, 2.45) is 0 Å². The summed E-state index contributed by atoms with van der Waals surface area (Å²) in [6.07, 6.45) is 4.66. The monoisotopic (exact) mass is 242 g/mol. The van der Waals surface area contributed by atoms with Gasteiger partial charge in [0.05, 0.1) is 17.6 Å². The Morgan fingerprint density at radius 3 is 2.89 bits per heavy atom. The molecule has 1 aromatic carbocycles. The van der Waals surface area contributed by atoms with E-state index in [1.54, 1.807) is 11.0 Å². The van der Waals surface area contributed by atoms with Gasteiger partial charge in [-0.2, -0.15) is 15.0 Å². The van der Waals surface area contributed by atoms with Crippen LogP contribution in [0.4, 0.5) is 0 Å². The second kappa shape index (κ2) is 6.12. The number of nitrogens with zero attached hydrogens (tertiary/aromatic N) is 3. The molecule has 18 heavy (non-hydrogen) atoms. The molecule has 1 heterocycles. The van der Waals surface area contributed by atoms with Crippen molar-refractivity contribution in [2.75, 3.05) is 0 Å². The Morgan fingerprint density at radius 1 is 1.39 bits per heavy atom. The molecule has 0 amide bonds. The summed E-state index contributed by atoms with van der Waals surface area (Å²) in [5.41, 5.74) is 1.91. The summed E-state index contributed by atoms with van der Waals surface area (Å²) in [7, 11) is 0. The molecule has 0 radical (unpaired) electrons. The van der Waals surface area contributed by atoms with Crippen LogP contribution in [0.15, 0.2) is 49.2 Å². The van der Waals surface area contributed by atoms with Crippen molar-refractivity contribution in [1.82, 2.24) is 20.3 Å². The van der Waals surface area contributed by atoms with Gasteiger partial charge in [0.25, 0.3) is 0 Å². The zero-order valence-electron chi connectivity index (χ0n) is 10.6. The molecular formula is C14H18N4. The van der Waals surface area contributed by atoms with Crippen molar-refractivity contribution >= 4 is 0 Å². The van der Waals surface area contributed by atoms with E-state index in [0.29, 0.717) is 6.04 Å². The van der Waals surface area contributed by atoms with Crippen LogP contribution in [0.1, 0.15) is 19.0 Å². The molecule has 1 atom stereocenters. The van der Waals surface area contributed by atoms with E-state index >= 15 is 0 Å². The molecule has 4 heteroatoms. The lowest BCUT2D eigenvalue weighted by Crippen LogP contribution is -2.24. The lowest BCUT2D eigenvalue weighted by molar-refractivity contribution is 0.545. The molecule has 0 spiro atoms. The number of benzene rings is 1. The van der Waals surface area contributed by atoms with Crippen molar-refractivity contribution in [1.29, 1.82) is 0 Å². The van der Waals surface area contributed by atoms with Crippen molar-refractivity contribution < 1.29 is 0 Å². The van der Waals surface area contributed by atoms with Crippen LogP contribution in [0.2, 0.25) is 0 Å². The van der Waals surface area contributed by atoms with Gasteiger partial charge in [0, 0.05) is 12.6 Å². The van der Waals surface area contributed by atoms with Crippen LogP contribution >= 0.6 is 0 Å². The summed E-state index contributed by atoms with van der Waals surface area (Å²) in [4.78, 5) is 1.65. The number of hydrogen-bond acceptors (Lipinski definition) is 3. The van der Waals surface area contributed by atoms with Gasteiger partial charge in [0.2, 0.25) is 0 Å². The highest BCUT2D eigenvalue weighted by molar-refractivity contribution is 5.28. The Kier molecular flexibility index (Phi) is 4.25. The molecule has 1 unspecified atom stereocenters. The molecule has 0 aliphatic rings. The summed E-state index contributed by atoms with van der Waals surface area (Å²) in [5.74, 6) is 0. The first-order valence-electron chi connectivity index (χ1n) is 6.10. The number of aromatic nitrogens is 3. The van der Waals surface area contributed by atoms with Crippen LogP contribution in [0, 0.1) is 0 Å². The molecule has 1 N–H and O–H groups in total. The van der Waals surface area contributed by atoms with E-state index in [0.717, 1.165) is 24.3 Å². The van der Waals surface area contributed by atoms with Gasteiger partial charge in [-0.1, -0.05) is 24.3 Å². The Labute approximate surface area is 107 Å². The van der Waals surface area contributed by atoms with Gasteiger partial charge >= 0.3 is 0 Å². The summed E-state index contributed by atoms with van der Waals surface area (Å²) in [6.45, 7) is 6.58. The van der Waals surface area contributed by atoms with Crippen LogP contribution in [-0.4, -0.2) is 21.0 Å².